The van der Waals surface area contributed by atoms with Gasteiger partial charge in [0.25, 0.3) is 0 Å². The summed E-state index contributed by atoms with van der Waals surface area (Å²) >= 11 is 0. The molecule has 3 aromatic rings. The molecule has 7 nitrogen and oxygen atoms in total. The molecule has 0 spiro atoms. The number of nitrogens with zero attached hydrogens (tertiary/aromatic N) is 4. The summed E-state index contributed by atoms with van der Waals surface area (Å²) in [5, 5.41) is 5.24. The van der Waals surface area contributed by atoms with Crippen molar-refractivity contribution in [2.24, 2.45) is 5.10 Å². The summed E-state index contributed by atoms with van der Waals surface area (Å²) in [7, 11) is 0. The van der Waals surface area contributed by atoms with Crippen LogP contribution in [0.3, 0.4) is 0 Å². The van der Waals surface area contributed by atoms with E-state index in [0.717, 1.165) is 22.7 Å². The molecule has 0 bridgehead atoms. The monoisotopic (exact) mass is 340 g/mol. The fraction of sp³-hybridized carbons (Fsp3) is 0.235. The fourth-order valence-corrected chi connectivity index (χ4v) is 2.77. The number of ether oxygens (including phenoxy) is 1. The van der Waals surface area contributed by atoms with E-state index in [0.29, 0.717) is 26.3 Å². The van der Waals surface area contributed by atoms with Crippen LogP contribution in [0.1, 0.15) is 5.56 Å². The first-order chi connectivity index (χ1) is 12.3. The summed E-state index contributed by atoms with van der Waals surface area (Å²) < 4.78 is 19.3. The van der Waals surface area contributed by atoms with E-state index < -0.39 is 5.82 Å². The van der Waals surface area contributed by atoms with E-state index in [1.54, 1.807) is 6.21 Å². The maximum Gasteiger partial charge on any atom is 0.245 e. The maximum atomic E-state index is 14.0. The molecular weight excluding hydrogens is 323 g/mol. The van der Waals surface area contributed by atoms with Gasteiger partial charge in [-0.05, 0) is 6.07 Å². The van der Waals surface area contributed by atoms with Crippen molar-refractivity contribution in [1.29, 1.82) is 0 Å². The molecule has 1 aliphatic heterocycles. The fourth-order valence-electron chi connectivity index (χ4n) is 2.77. The van der Waals surface area contributed by atoms with Crippen LogP contribution >= 0.6 is 0 Å². The zero-order valence-corrected chi connectivity index (χ0v) is 13.4. The van der Waals surface area contributed by atoms with Crippen LogP contribution in [0, 0.1) is 5.82 Å². The Morgan fingerprint density at radius 1 is 1.28 bits per heavy atom. The summed E-state index contributed by atoms with van der Waals surface area (Å²) in [6.07, 6.45) is 4.71. The summed E-state index contributed by atoms with van der Waals surface area (Å²) in [6.45, 7) is 2.33. The average molecular weight is 340 g/mol. The number of hydrazone groups is 1. The third kappa shape index (κ3) is 3.29. The summed E-state index contributed by atoms with van der Waals surface area (Å²) in [4.78, 5) is 13.2. The van der Waals surface area contributed by atoms with Crippen LogP contribution < -0.4 is 10.3 Å². The van der Waals surface area contributed by atoms with Crippen molar-refractivity contribution < 1.29 is 9.13 Å². The standard InChI is InChI=1S/C17H17FN6O/c18-14-11-20-17(22-16(14)24-5-7-25-8-6-24)23-21-10-12-9-19-15-4-2-1-3-13(12)15/h1-4,9-11,19H,5-8H2,(H,20,22,23)/b21-10-. The maximum absolute atomic E-state index is 14.0. The Balaban J connectivity index is 1.51. The van der Waals surface area contributed by atoms with Gasteiger partial charge in [-0.1, -0.05) is 18.2 Å². The lowest BCUT2D eigenvalue weighted by Gasteiger charge is -2.27. The molecule has 0 amide bonds. The second-order valence-corrected chi connectivity index (χ2v) is 5.62. The lowest BCUT2D eigenvalue weighted by Crippen LogP contribution is -2.37. The van der Waals surface area contributed by atoms with E-state index in [1.807, 2.05) is 35.4 Å². The van der Waals surface area contributed by atoms with Gasteiger partial charge in [0.05, 0.1) is 25.6 Å². The van der Waals surface area contributed by atoms with Crippen molar-refractivity contribution in [2.45, 2.75) is 0 Å². The number of fused-ring (bicyclic) bond motifs is 1. The number of nitrogens with one attached hydrogen (secondary N) is 2. The number of hydrogen-bond acceptors (Lipinski definition) is 6. The van der Waals surface area contributed by atoms with Crippen molar-refractivity contribution >= 4 is 28.9 Å². The molecule has 1 aliphatic rings. The van der Waals surface area contributed by atoms with E-state index in [-0.39, 0.29) is 11.8 Å². The Labute approximate surface area is 143 Å². The lowest BCUT2D eigenvalue weighted by atomic mass is 10.2. The van der Waals surface area contributed by atoms with Gasteiger partial charge < -0.3 is 14.6 Å². The number of aromatic amines is 1. The molecule has 2 N–H and O–H groups in total. The zero-order chi connectivity index (χ0) is 17.1. The molecule has 1 fully saturated rings. The zero-order valence-electron chi connectivity index (χ0n) is 13.4. The highest BCUT2D eigenvalue weighted by atomic mass is 19.1. The molecular formula is C17H17FN6O. The van der Waals surface area contributed by atoms with Gasteiger partial charge in [0, 0.05) is 35.8 Å². The highest BCUT2D eigenvalue weighted by Gasteiger charge is 2.17. The largest absolute Gasteiger partial charge is 0.378 e. The summed E-state index contributed by atoms with van der Waals surface area (Å²) in [5.41, 5.74) is 4.74. The minimum Gasteiger partial charge on any atom is -0.378 e. The second-order valence-electron chi connectivity index (χ2n) is 5.62. The lowest BCUT2D eigenvalue weighted by molar-refractivity contribution is 0.122. The first-order valence-electron chi connectivity index (χ1n) is 8.02. The number of H-pyrrole nitrogens is 1. The van der Waals surface area contributed by atoms with E-state index in [4.69, 9.17) is 4.74 Å². The molecule has 4 rings (SSSR count). The van der Waals surface area contributed by atoms with Gasteiger partial charge in [-0.3, -0.25) is 0 Å². The highest BCUT2D eigenvalue weighted by molar-refractivity contribution is 5.99. The molecule has 0 aliphatic carbocycles. The third-order valence-corrected chi connectivity index (χ3v) is 4.03. The van der Waals surface area contributed by atoms with E-state index in [9.17, 15) is 4.39 Å². The van der Waals surface area contributed by atoms with Gasteiger partial charge in [-0.25, -0.2) is 14.8 Å². The number of hydrogen-bond donors (Lipinski definition) is 2. The Bertz CT molecular complexity index is 903. The van der Waals surface area contributed by atoms with Crippen molar-refractivity contribution in [3.8, 4) is 0 Å². The molecule has 0 saturated carbocycles. The smallest absolute Gasteiger partial charge is 0.245 e. The minimum absolute atomic E-state index is 0.249. The van der Waals surface area contributed by atoms with Crippen LogP contribution in [0.15, 0.2) is 41.8 Å². The molecule has 0 atom stereocenters. The van der Waals surface area contributed by atoms with Gasteiger partial charge in [-0.2, -0.15) is 10.1 Å². The van der Waals surface area contributed by atoms with Crippen LogP contribution in [0.25, 0.3) is 10.9 Å². The second kappa shape index (κ2) is 6.86. The SMILES string of the molecule is Fc1cnc(N/N=C\c2c[nH]c3ccccc23)nc1N1CCOCC1. The minimum atomic E-state index is -0.451. The van der Waals surface area contributed by atoms with Crippen molar-refractivity contribution in [2.75, 3.05) is 36.6 Å². The number of morpholine rings is 1. The van der Waals surface area contributed by atoms with Crippen LogP contribution in [-0.4, -0.2) is 47.5 Å². The van der Waals surface area contributed by atoms with Gasteiger partial charge in [-0.15, -0.1) is 0 Å². The van der Waals surface area contributed by atoms with Gasteiger partial charge in [0.15, 0.2) is 11.6 Å². The molecule has 0 radical (unpaired) electrons. The molecule has 3 heterocycles. The van der Waals surface area contributed by atoms with Gasteiger partial charge in [0.1, 0.15) is 0 Å². The van der Waals surface area contributed by atoms with Gasteiger partial charge in [0.2, 0.25) is 5.95 Å². The average Bonchev–Trinajstić information content (AvgIpc) is 3.07. The van der Waals surface area contributed by atoms with Crippen LogP contribution in [-0.2, 0) is 4.74 Å². The topological polar surface area (TPSA) is 78.4 Å². The number of benzene rings is 1. The normalized spacial score (nSPS) is 15.2. The Kier molecular flexibility index (Phi) is 4.26. The molecule has 128 valence electrons. The molecule has 8 heteroatoms. The van der Waals surface area contributed by atoms with Gasteiger partial charge >= 0.3 is 0 Å². The number of rotatable bonds is 4. The summed E-state index contributed by atoms with van der Waals surface area (Å²) in [5.74, 6) is 0.0649. The van der Waals surface area contributed by atoms with Crippen LogP contribution in [0.2, 0.25) is 0 Å². The Morgan fingerprint density at radius 2 is 2.12 bits per heavy atom. The molecule has 2 aromatic heterocycles. The number of anilines is 2. The van der Waals surface area contributed by atoms with E-state index in [2.05, 4.69) is 25.5 Å². The first kappa shape index (κ1) is 15.5. The van der Waals surface area contributed by atoms with Crippen LogP contribution in [0.5, 0.6) is 0 Å². The third-order valence-electron chi connectivity index (χ3n) is 4.03. The number of halogens is 1. The highest BCUT2D eigenvalue weighted by Crippen LogP contribution is 2.19. The quantitative estimate of drug-likeness (QED) is 0.563. The molecule has 25 heavy (non-hydrogen) atoms. The predicted octanol–water partition coefficient (Wildman–Crippen LogP) is 2.38. The first-order valence-corrected chi connectivity index (χ1v) is 8.02. The van der Waals surface area contributed by atoms with Crippen molar-refractivity contribution in [1.82, 2.24) is 15.0 Å². The van der Waals surface area contributed by atoms with Crippen molar-refractivity contribution in [3.05, 3.63) is 48.0 Å². The molecule has 1 aromatic carbocycles. The molecule has 1 saturated heterocycles. The number of aromatic nitrogens is 3. The summed E-state index contributed by atoms with van der Waals surface area (Å²) in [6, 6.07) is 7.95. The number of para-hydroxylation sites is 1. The Morgan fingerprint density at radius 3 is 3.00 bits per heavy atom. The van der Waals surface area contributed by atoms with Crippen LogP contribution in [0.4, 0.5) is 16.2 Å². The predicted molar refractivity (Wildman–Crippen MR) is 94.5 cm³/mol. The van der Waals surface area contributed by atoms with E-state index >= 15 is 0 Å². The molecule has 0 unspecified atom stereocenters. The Hall–Kier alpha value is -3.00. The van der Waals surface area contributed by atoms with E-state index in [1.165, 1.54) is 0 Å². The van der Waals surface area contributed by atoms with Crippen molar-refractivity contribution in [3.63, 3.8) is 0 Å².